The van der Waals surface area contributed by atoms with E-state index in [1.807, 2.05) is 0 Å². The van der Waals surface area contributed by atoms with Gasteiger partial charge < -0.3 is 8.85 Å². The summed E-state index contributed by atoms with van der Waals surface area (Å²) in [6.07, 6.45) is 7.39. The second kappa shape index (κ2) is 10.8. The lowest BCUT2D eigenvalue weighted by atomic mass is 9.62. The van der Waals surface area contributed by atoms with Gasteiger partial charge in [-0.1, -0.05) is 61.8 Å². The molecule has 29 heavy (non-hydrogen) atoms. The van der Waals surface area contributed by atoms with Gasteiger partial charge in [0.25, 0.3) is 0 Å². The van der Waals surface area contributed by atoms with E-state index in [4.69, 9.17) is 8.85 Å². The molecule has 0 amide bonds. The van der Waals surface area contributed by atoms with Gasteiger partial charge in [-0.15, -0.1) is 0 Å². The monoisotopic (exact) mass is 440 g/mol. The van der Waals surface area contributed by atoms with Crippen molar-refractivity contribution < 1.29 is 8.85 Å². The molecule has 172 valence electrons. The van der Waals surface area contributed by atoms with Crippen LogP contribution in [0.1, 0.15) is 87.5 Å². The predicted molar refractivity (Wildman–Crippen MR) is 133 cm³/mol. The summed E-state index contributed by atoms with van der Waals surface area (Å²) >= 11 is 0. The maximum atomic E-state index is 7.11. The maximum absolute atomic E-state index is 7.11. The fourth-order valence-corrected chi connectivity index (χ4v) is 12.7. The lowest BCUT2D eigenvalue weighted by Crippen LogP contribution is -2.49. The van der Waals surface area contributed by atoms with E-state index >= 15 is 0 Å². The van der Waals surface area contributed by atoms with Crippen LogP contribution >= 0.6 is 0 Å². The van der Waals surface area contributed by atoms with Crippen molar-refractivity contribution in [2.24, 2.45) is 23.2 Å². The van der Waals surface area contributed by atoms with E-state index in [-0.39, 0.29) is 0 Å². The van der Waals surface area contributed by atoms with Gasteiger partial charge in [0.15, 0.2) is 16.6 Å². The first-order chi connectivity index (χ1) is 13.8. The molecule has 0 aliphatic heterocycles. The van der Waals surface area contributed by atoms with Crippen LogP contribution in [0.5, 0.6) is 0 Å². The molecule has 0 heterocycles. The van der Waals surface area contributed by atoms with Gasteiger partial charge in [-0.25, -0.2) is 0 Å². The van der Waals surface area contributed by atoms with Crippen LogP contribution in [0.25, 0.3) is 0 Å². The molecule has 0 radical (unpaired) electrons. The summed E-state index contributed by atoms with van der Waals surface area (Å²) in [4.78, 5) is 0. The summed E-state index contributed by atoms with van der Waals surface area (Å²) in [5.74, 6) is 2.29. The van der Waals surface area contributed by atoms with E-state index in [2.05, 4.69) is 55.4 Å². The Bertz CT molecular complexity index is 473. The highest BCUT2D eigenvalue weighted by Gasteiger charge is 2.54. The molecule has 1 unspecified atom stereocenters. The molecule has 0 spiro atoms. The van der Waals surface area contributed by atoms with Crippen LogP contribution < -0.4 is 0 Å². The van der Waals surface area contributed by atoms with Crippen molar-refractivity contribution >= 4 is 16.6 Å². The third-order valence-electron chi connectivity index (χ3n) is 9.74. The molecule has 5 atom stereocenters. The third kappa shape index (κ3) is 5.23. The largest absolute Gasteiger partial charge is 0.417 e. The van der Waals surface area contributed by atoms with Crippen LogP contribution in [0.4, 0.5) is 0 Å². The van der Waals surface area contributed by atoms with E-state index in [1.54, 1.807) is 0 Å². The molecule has 2 fully saturated rings. The Balaban J connectivity index is 2.09. The van der Waals surface area contributed by atoms with Gasteiger partial charge in [-0.05, 0) is 85.1 Å². The maximum Gasteiger partial charge on any atom is 0.192 e. The Morgan fingerprint density at radius 2 is 1.38 bits per heavy atom. The van der Waals surface area contributed by atoms with Gasteiger partial charge in [0.2, 0.25) is 0 Å². The smallest absolute Gasteiger partial charge is 0.192 e. The molecule has 0 aromatic heterocycles. The van der Waals surface area contributed by atoms with Crippen molar-refractivity contribution in [1.29, 1.82) is 0 Å². The molecule has 0 N–H and O–H groups in total. The number of hydrogen-bond donors (Lipinski definition) is 0. The van der Waals surface area contributed by atoms with Crippen LogP contribution in [0, 0.1) is 23.2 Å². The lowest BCUT2D eigenvalue weighted by molar-refractivity contribution is -0.0243. The Morgan fingerprint density at radius 3 is 1.90 bits per heavy atom. The molecule has 4 heteroatoms. The van der Waals surface area contributed by atoms with Crippen molar-refractivity contribution in [1.82, 2.24) is 0 Å². The highest BCUT2D eigenvalue weighted by atomic mass is 28.4. The van der Waals surface area contributed by atoms with Crippen molar-refractivity contribution in [3.63, 3.8) is 0 Å². The number of rotatable bonds is 12. The third-order valence-corrected chi connectivity index (χ3v) is 19.1. The molecule has 0 aromatic rings. The van der Waals surface area contributed by atoms with Gasteiger partial charge in [0.1, 0.15) is 0 Å². The van der Waals surface area contributed by atoms with Crippen molar-refractivity contribution in [2.45, 2.75) is 130 Å². The average molecular weight is 441 g/mol. The Morgan fingerprint density at radius 1 is 0.828 bits per heavy atom. The quantitative estimate of drug-likeness (QED) is 0.284. The zero-order valence-corrected chi connectivity index (χ0v) is 23.1. The van der Waals surface area contributed by atoms with E-state index in [0.717, 1.165) is 18.4 Å². The van der Waals surface area contributed by atoms with Gasteiger partial charge in [0, 0.05) is 12.7 Å². The average Bonchev–Trinajstić information content (AvgIpc) is 3.11. The van der Waals surface area contributed by atoms with E-state index in [0.29, 0.717) is 17.4 Å². The minimum atomic E-state index is -1.52. The van der Waals surface area contributed by atoms with E-state index < -0.39 is 16.6 Å². The predicted octanol–water partition coefficient (Wildman–Crippen LogP) is 8.25. The second-order valence-corrected chi connectivity index (χ2v) is 20.1. The van der Waals surface area contributed by atoms with Crippen LogP contribution in [0.2, 0.25) is 36.3 Å². The fraction of sp³-hybridized carbons (Fsp3) is 1.00. The Kier molecular flexibility index (Phi) is 9.52. The Labute approximate surface area is 185 Å². The highest BCUT2D eigenvalue weighted by molar-refractivity contribution is 6.74. The first kappa shape index (κ1) is 25.6. The van der Waals surface area contributed by atoms with Gasteiger partial charge in [0.05, 0.1) is 0 Å². The van der Waals surface area contributed by atoms with Gasteiger partial charge >= 0.3 is 0 Å². The molecule has 2 aliphatic rings. The summed E-state index contributed by atoms with van der Waals surface area (Å²) in [6.45, 7) is 20.3. The normalized spacial score (nSPS) is 31.7. The topological polar surface area (TPSA) is 18.5 Å². The molecule has 0 aromatic carbocycles. The summed E-state index contributed by atoms with van der Waals surface area (Å²) in [6, 6.07) is 7.66. The molecular weight excluding hydrogens is 388 g/mol. The minimum absolute atomic E-state index is 0.468. The van der Waals surface area contributed by atoms with Crippen LogP contribution in [0.3, 0.4) is 0 Å². The fourth-order valence-electron chi connectivity index (χ4n) is 7.04. The molecule has 2 nitrogen and oxygen atoms in total. The first-order valence-electron chi connectivity index (χ1n) is 13.1. The molecule has 2 aliphatic carbocycles. The zero-order chi connectivity index (χ0) is 21.7. The molecule has 0 bridgehead atoms. The number of hydrogen-bond acceptors (Lipinski definition) is 2. The zero-order valence-electron chi connectivity index (χ0n) is 21.1. The highest BCUT2D eigenvalue weighted by Crippen LogP contribution is 2.59. The first-order valence-corrected chi connectivity index (χ1v) is 18.2. The standard InChI is InChI=1S/C25H52O2Si2/c1-9-28(10-2,11-3)26-20-21(7)22-17-18-23-24(16-15-19-25(22,23)8)27-29(12-4,13-5)14-6/h21-24H,9-20H2,1-8H3/t21-,22?,23+,24+,25-/m1/s1. The summed E-state index contributed by atoms with van der Waals surface area (Å²) in [5.41, 5.74) is 0.468. The SMILES string of the molecule is CC[Si](CC)(CC)OC[C@@H](C)C1CC[C@H]2[C@@H](O[Si](CC)(CC)CC)CCC[C@]12C. The summed E-state index contributed by atoms with van der Waals surface area (Å²) in [5, 5.41) is 0. The van der Waals surface area contributed by atoms with Crippen molar-refractivity contribution in [3.05, 3.63) is 0 Å². The molecular formula is C25H52O2Si2. The van der Waals surface area contributed by atoms with E-state index in [9.17, 15) is 0 Å². The summed E-state index contributed by atoms with van der Waals surface area (Å²) < 4.78 is 13.9. The van der Waals surface area contributed by atoms with Crippen molar-refractivity contribution in [2.75, 3.05) is 6.61 Å². The van der Waals surface area contributed by atoms with Crippen LogP contribution in [0.15, 0.2) is 0 Å². The summed E-state index contributed by atoms with van der Waals surface area (Å²) in [7, 11) is -3.00. The van der Waals surface area contributed by atoms with Crippen LogP contribution in [-0.2, 0) is 8.85 Å². The minimum Gasteiger partial charge on any atom is -0.417 e. The molecule has 0 saturated heterocycles. The molecule has 2 rings (SSSR count). The van der Waals surface area contributed by atoms with E-state index in [1.165, 1.54) is 68.4 Å². The van der Waals surface area contributed by atoms with Crippen LogP contribution in [-0.4, -0.2) is 29.3 Å². The van der Waals surface area contributed by atoms with Gasteiger partial charge in [-0.3, -0.25) is 0 Å². The number of fused-ring (bicyclic) bond motifs is 1. The van der Waals surface area contributed by atoms with Gasteiger partial charge in [-0.2, -0.15) is 0 Å². The lowest BCUT2D eigenvalue weighted by Gasteiger charge is -2.49. The Hall–Kier alpha value is 0.354. The second-order valence-electron chi connectivity index (χ2n) is 10.6. The molecule has 2 saturated carbocycles. The van der Waals surface area contributed by atoms with Crippen molar-refractivity contribution in [3.8, 4) is 0 Å².